The maximum absolute atomic E-state index is 13.9. The fourth-order valence-electron chi connectivity index (χ4n) is 14.3. The molecule has 0 unspecified atom stereocenters. The van der Waals surface area contributed by atoms with Gasteiger partial charge in [-0.25, -0.2) is 17.6 Å². The summed E-state index contributed by atoms with van der Waals surface area (Å²) in [6.07, 6.45) is 14.3. The Morgan fingerprint density at radius 3 is 1.18 bits per heavy atom. The van der Waals surface area contributed by atoms with E-state index in [2.05, 4.69) is 44.6 Å². The van der Waals surface area contributed by atoms with Gasteiger partial charge >= 0.3 is 0 Å². The van der Waals surface area contributed by atoms with Gasteiger partial charge in [0.2, 0.25) is 30.4 Å². The second kappa shape index (κ2) is 53.2. The molecule has 5 aromatic heterocycles. The molecule has 0 saturated heterocycles. The Hall–Kier alpha value is -15.6. The Morgan fingerprint density at radius 1 is 0.338 bits per heavy atom. The molecule has 0 aliphatic carbocycles. The van der Waals surface area contributed by atoms with Crippen molar-refractivity contribution in [2.45, 2.75) is 125 Å². The van der Waals surface area contributed by atoms with Crippen LogP contribution in [-0.4, -0.2) is 81.0 Å². The van der Waals surface area contributed by atoms with Crippen LogP contribution in [-0.2, 0) is 88.4 Å². The van der Waals surface area contributed by atoms with Crippen LogP contribution in [0, 0.1) is 36.1 Å². The predicted octanol–water partition coefficient (Wildman–Crippen LogP) is 22.0. The van der Waals surface area contributed by atoms with Crippen LogP contribution in [0.25, 0.3) is 55.8 Å². The molecule has 696 valence electrons. The minimum absolute atomic E-state index is 0.0697. The summed E-state index contributed by atoms with van der Waals surface area (Å²) in [6, 6.07) is 91.3. The van der Waals surface area contributed by atoms with Gasteiger partial charge in [0.1, 0.15) is 63.6 Å². The summed E-state index contributed by atoms with van der Waals surface area (Å²) in [7, 11) is 0. The molecular formula is C114H113F4N7O11+2. The van der Waals surface area contributed by atoms with Gasteiger partial charge in [-0.1, -0.05) is 177 Å². The number of hydrogen-bond donors (Lipinski definition) is 4. The maximum atomic E-state index is 13.9. The zero-order chi connectivity index (χ0) is 96.3. The zero-order valence-electron chi connectivity index (χ0n) is 77.2. The highest BCUT2D eigenvalue weighted by Crippen LogP contribution is 2.28. The van der Waals surface area contributed by atoms with Gasteiger partial charge in [-0.05, 0) is 235 Å². The minimum Gasteiger partial charge on any atom is -0.494 e. The Labute approximate surface area is 792 Å². The van der Waals surface area contributed by atoms with E-state index in [4.69, 9.17) is 18.9 Å². The monoisotopic (exact) mass is 1830 g/mol. The second-order valence-corrected chi connectivity index (χ2v) is 32.7. The third-order valence-electron chi connectivity index (χ3n) is 21.3. The lowest BCUT2D eigenvalue weighted by Gasteiger charge is -2.10. The number of carbonyl (C=O) groups excluding carboxylic acids is 5. The van der Waals surface area contributed by atoms with Crippen molar-refractivity contribution in [3.05, 3.63) is 425 Å². The summed E-state index contributed by atoms with van der Waals surface area (Å²) in [6.45, 7) is 15.0. The number of amides is 2. The number of rotatable bonds is 37. The van der Waals surface area contributed by atoms with Crippen molar-refractivity contribution >= 4 is 29.2 Å². The molecule has 0 bridgehead atoms. The molecule has 0 saturated carbocycles. The Balaban J connectivity index is 0.000000164. The first kappa shape index (κ1) is 101. The van der Waals surface area contributed by atoms with E-state index >= 15 is 0 Å². The molecule has 15 rings (SSSR count). The number of carbonyl (C=O) groups is 5. The summed E-state index contributed by atoms with van der Waals surface area (Å²) in [5, 5.41) is 25.2. The highest BCUT2D eigenvalue weighted by atomic mass is 19.1. The maximum Gasteiger partial charge on any atom is 0.264 e. The van der Waals surface area contributed by atoms with Gasteiger partial charge in [-0.2, -0.15) is 0 Å². The van der Waals surface area contributed by atoms with Crippen LogP contribution in [0.4, 0.5) is 17.6 Å². The molecule has 136 heavy (non-hydrogen) atoms. The SMILES string of the molecule is CCOc1ccc(-c2ccc(CC(=O)CCc3cc(F)cc(OCC(C)C)c3)nc2)cc1.CCOc1ccc(-c2ccc(CC(=O)CCc3cccc(C)c3)c[n+]2O)cc1.CCOc1ccc(-c2ccc(CC(=O)CCc3cccc(F)c3)nc2)cc1.O=C(Cc1ccc(-c2cc[n+](O)cc2)cc1)NCc1cccc(F)c1.O=C(Cc1ccc(-c2ccccc2)cn1)NCc1cccc(F)c1. The van der Waals surface area contributed by atoms with Gasteiger partial charge in [-0.15, -0.1) is 0 Å². The molecule has 2 amide bonds. The third kappa shape index (κ3) is 34.9. The molecule has 0 aliphatic rings. The molecule has 18 nitrogen and oxygen atoms in total. The number of hydrogen-bond acceptors (Lipinski definition) is 14. The van der Waals surface area contributed by atoms with Crippen molar-refractivity contribution in [3.8, 4) is 78.8 Å². The number of ether oxygens (including phenoxy) is 4. The van der Waals surface area contributed by atoms with E-state index in [1.165, 1.54) is 59.7 Å². The Morgan fingerprint density at radius 2 is 0.728 bits per heavy atom. The van der Waals surface area contributed by atoms with Gasteiger partial charge < -0.3 is 29.6 Å². The number of aryl methyl sites for hydroxylation is 4. The number of nitrogens with one attached hydrogen (secondary N) is 2. The molecule has 0 spiro atoms. The predicted molar refractivity (Wildman–Crippen MR) is 520 cm³/mol. The highest BCUT2D eigenvalue weighted by molar-refractivity contribution is 5.83. The summed E-state index contributed by atoms with van der Waals surface area (Å²) >= 11 is 0. The normalized spacial score (nSPS) is 10.6. The Bertz CT molecular complexity index is 6320. The van der Waals surface area contributed by atoms with Crippen LogP contribution in [0.15, 0.2) is 340 Å². The number of halogens is 4. The number of nitrogens with zero attached hydrogens (tertiary/aromatic N) is 5. The average Bonchev–Trinajstić information content (AvgIpc) is 0.825. The lowest BCUT2D eigenvalue weighted by atomic mass is 10.0. The van der Waals surface area contributed by atoms with E-state index < -0.39 is 0 Å². The number of benzene rings is 10. The molecule has 0 atom stereocenters. The zero-order valence-corrected chi connectivity index (χ0v) is 77.2. The second-order valence-electron chi connectivity index (χ2n) is 32.7. The van der Waals surface area contributed by atoms with E-state index in [-0.39, 0.29) is 71.7 Å². The molecular weight excluding hydrogens is 1720 g/mol. The lowest BCUT2D eigenvalue weighted by molar-refractivity contribution is -0.904. The summed E-state index contributed by atoms with van der Waals surface area (Å²) in [5.74, 6) is 2.18. The van der Waals surface area contributed by atoms with Crippen molar-refractivity contribution in [3.63, 3.8) is 0 Å². The van der Waals surface area contributed by atoms with Gasteiger partial charge in [0.05, 0.1) is 44.8 Å². The number of Topliss-reactive ketones (excluding diaryl/α,β-unsaturated/α-hetero) is 3. The van der Waals surface area contributed by atoms with Crippen LogP contribution in [0.3, 0.4) is 0 Å². The first-order valence-corrected chi connectivity index (χ1v) is 45.4. The minimum atomic E-state index is -0.347. The van der Waals surface area contributed by atoms with E-state index in [9.17, 15) is 51.9 Å². The van der Waals surface area contributed by atoms with Crippen molar-refractivity contribution in [2.75, 3.05) is 26.4 Å². The summed E-state index contributed by atoms with van der Waals surface area (Å²) in [5.41, 5.74) is 19.0. The number of aromatic nitrogens is 5. The largest absolute Gasteiger partial charge is 0.494 e. The molecule has 10 aromatic carbocycles. The highest BCUT2D eigenvalue weighted by Gasteiger charge is 2.19. The lowest BCUT2D eigenvalue weighted by Crippen LogP contribution is -2.33. The average molecular weight is 1830 g/mol. The van der Waals surface area contributed by atoms with E-state index in [1.807, 2.05) is 235 Å². The van der Waals surface area contributed by atoms with Crippen molar-refractivity contribution in [1.29, 1.82) is 0 Å². The fraction of sp³-hybridized carbons (Fsp3) is 0.211. The van der Waals surface area contributed by atoms with Crippen LogP contribution in [0.1, 0.15) is 115 Å². The third-order valence-corrected chi connectivity index (χ3v) is 21.3. The van der Waals surface area contributed by atoms with E-state index in [1.54, 1.807) is 79.6 Å². The molecule has 22 heteroatoms. The first-order valence-electron chi connectivity index (χ1n) is 45.4. The topological polar surface area (TPSA) is 233 Å². The summed E-state index contributed by atoms with van der Waals surface area (Å²) < 4.78 is 77.3. The Kier molecular flexibility index (Phi) is 39.5. The number of pyridine rings is 5. The molecule has 0 fully saturated rings. The molecule has 15 aromatic rings. The van der Waals surface area contributed by atoms with Crippen LogP contribution in [0.5, 0.6) is 23.0 Å². The molecule has 0 aliphatic heterocycles. The standard InChI is InChI=1S/C27H30FNO3.C24H26NO3.C23H22FNO2.C20H17FN2O2.C20H17FN2O/c1-4-31-26-11-7-21(8-12-26)22-6-9-24(29-17-22)16-25(30)10-5-20-13-23(28)15-27(14-20)32-18-19(2)3;1-3-28-23-12-9-21(10-13-23)24-14-8-20(17-25(24)27)16-22(26)11-7-19-6-4-5-18(2)15-19;1-2-27-23-12-8-18(9-13-23)19-7-10-21(25-16-19)15-22(26)11-6-17-4-3-5-20(24)14-17;21-19-3-1-2-16(12-19)14-22-20(24)13-15-4-6-17(7-5-15)18-8-10-23(25)11-9-18;21-18-8-4-5-15(11-18)13-23-20(24)12-19-10-9-17(14-22-19)16-6-2-1-3-7-16/h6-9,11-15,17,19H,4-5,10,16,18H2,1-3H3;4-6,8-10,12-15,17,27H,3,7,11,16H2,1-2H3;3-5,7-10,12-14,16H,2,6,11,15H2,1H3;1-12H,13-14H2,(H-,22,24,25);1-11,14H,12-13H2,(H,23,24)/q;+1;;;/p+1. The van der Waals surface area contributed by atoms with E-state index in [0.717, 1.165) is 128 Å². The first-order chi connectivity index (χ1) is 65.9. The van der Waals surface area contributed by atoms with Crippen LogP contribution < -0.4 is 39.0 Å². The van der Waals surface area contributed by atoms with Crippen LogP contribution >= 0.6 is 0 Å². The molecule has 4 N–H and O–H groups in total. The van der Waals surface area contributed by atoms with Gasteiger partial charge in [-0.3, -0.25) is 49.3 Å². The van der Waals surface area contributed by atoms with Crippen molar-refractivity contribution in [2.24, 2.45) is 5.92 Å². The van der Waals surface area contributed by atoms with Gasteiger partial charge in [0.15, 0.2) is 0 Å². The quantitative estimate of drug-likeness (QED) is 0.0161. The van der Waals surface area contributed by atoms with E-state index in [0.29, 0.717) is 108 Å². The van der Waals surface area contributed by atoms with Gasteiger partial charge in [0, 0.05) is 143 Å². The molecule has 5 heterocycles. The molecule has 0 radical (unpaired) electrons. The fourth-order valence-corrected chi connectivity index (χ4v) is 14.3. The smallest absolute Gasteiger partial charge is 0.264 e. The number of ketones is 3. The van der Waals surface area contributed by atoms with Crippen LogP contribution in [0.2, 0.25) is 0 Å². The van der Waals surface area contributed by atoms with Gasteiger partial charge in [0.25, 0.3) is 5.69 Å². The summed E-state index contributed by atoms with van der Waals surface area (Å²) in [4.78, 5) is 74.2. The van der Waals surface area contributed by atoms with Crippen molar-refractivity contribution < 1.29 is 80.4 Å². The van der Waals surface area contributed by atoms with Crippen molar-refractivity contribution in [1.82, 2.24) is 25.6 Å².